The van der Waals surface area contributed by atoms with Gasteiger partial charge >= 0.3 is 23.8 Å². The minimum Gasteiger partial charge on any atom is -0.462 e. The van der Waals surface area contributed by atoms with Crippen LogP contribution in [0.2, 0.25) is 0 Å². The van der Waals surface area contributed by atoms with Gasteiger partial charge in [-0.3, -0.25) is 4.79 Å². The van der Waals surface area contributed by atoms with Crippen LogP contribution in [0, 0.1) is 23.2 Å². The molecule has 0 radical (unpaired) electrons. The maximum atomic E-state index is 14.2. The summed E-state index contributed by atoms with van der Waals surface area (Å²) in [6, 6.07) is 0. The van der Waals surface area contributed by atoms with Crippen molar-refractivity contribution >= 4 is 17.9 Å². The van der Waals surface area contributed by atoms with Crippen molar-refractivity contribution in [2.24, 2.45) is 23.2 Å². The van der Waals surface area contributed by atoms with Gasteiger partial charge in [0.2, 0.25) is 0 Å². The summed E-state index contributed by atoms with van der Waals surface area (Å²) in [6.07, 6.45) is 5.00. The predicted molar refractivity (Wildman–Crippen MR) is 93.3 cm³/mol. The van der Waals surface area contributed by atoms with Gasteiger partial charge in [0, 0.05) is 0 Å². The maximum absolute atomic E-state index is 14.2. The second-order valence-electron chi connectivity index (χ2n) is 9.59. The highest BCUT2D eigenvalue weighted by molar-refractivity contribution is 6.01. The second kappa shape index (κ2) is 7.26. The zero-order valence-corrected chi connectivity index (χ0v) is 16.6. The average Bonchev–Trinajstić information content (AvgIpc) is 2.55. The Morgan fingerprint density at radius 3 is 1.68 bits per heavy atom. The van der Waals surface area contributed by atoms with Crippen LogP contribution in [-0.4, -0.2) is 42.6 Å². The van der Waals surface area contributed by atoms with Gasteiger partial charge in [0.25, 0.3) is 0 Å². The predicted octanol–water partition coefficient (Wildman–Crippen LogP) is 3.27. The molecule has 4 aliphatic carbocycles. The first-order valence-electron chi connectivity index (χ1n) is 9.87. The summed E-state index contributed by atoms with van der Waals surface area (Å²) in [6.45, 7) is 3.99. The third kappa shape index (κ3) is 4.30. The summed E-state index contributed by atoms with van der Waals surface area (Å²) >= 11 is 0. The zero-order chi connectivity index (χ0) is 20.7. The van der Waals surface area contributed by atoms with Crippen molar-refractivity contribution in [3.63, 3.8) is 0 Å². The van der Waals surface area contributed by atoms with Crippen LogP contribution >= 0.6 is 0 Å². The molecule has 0 N–H and O–H groups in total. The quantitative estimate of drug-likeness (QED) is 0.294. The van der Waals surface area contributed by atoms with Crippen LogP contribution in [0.15, 0.2) is 0 Å². The van der Waals surface area contributed by atoms with E-state index in [-0.39, 0.29) is 6.61 Å². The van der Waals surface area contributed by atoms with E-state index in [1.807, 2.05) is 0 Å². The van der Waals surface area contributed by atoms with Gasteiger partial charge in [-0.2, -0.15) is 8.78 Å². The average molecular weight is 402 g/mol. The van der Waals surface area contributed by atoms with E-state index in [4.69, 9.17) is 9.47 Å². The molecule has 0 aromatic carbocycles. The van der Waals surface area contributed by atoms with Crippen molar-refractivity contribution in [3.05, 3.63) is 0 Å². The molecule has 8 heteroatoms. The van der Waals surface area contributed by atoms with Crippen LogP contribution in [0.5, 0.6) is 0 Å². The van der Waals surface area contributed by atoms with Crippen molar-refractivity contribution in [3.8, 4) is 0 Å². The van der Waals surface area contributed by atoms with E-state index in [9.17, 15) is 23.2 Å². The van der Waals surface area contributed by atoms with Gasteiger partial charge in [0.05, 0.1) is 5.41 Å². The standard InChI is InChI=1S/C20H28F2O6/c1-18(2,3)15(23)26-4-5-27-16(24)20(21,22)17(25)28-19-9-12-6-13(10-19)8-14(7-12)11-19/h12-14H,4-11H2,1-3H3. The van der Waals surface area contributed by atoms with E-state index >= 15 is 0 Å². The molecule has 0 saturated heterocycles. The van der Waals surface area contributed by atoms with Gasteiger partial charge in [0.1, 0.15) is 18.8 Å². The lowest BCUT2D eigenvalue weighted by Gasteiger charge is -2.55. The topological polar surface area (TPSA) is 78.9 Å². The summed E-state index contributed by atoms with van der Waals surface area (Å²) in [4.78, 5) is 35.4. The van der Waals surface area contributed by atoms with Crippen LogP contribution < -0.4 is 0 Å². The number of esters is 3. The van der Waals surface area contributed by atoms with E-state index in [2.05, 4.69) is 4.74 Å². The Bertz CT molecular complexity index is 616. The van der Waals surface area contributed by atoms with E-state index in [0.29, 0.717) is 37.0 Å². The third-order valence-electron chi connectivity index (χ3n) is 5.97. The molecule has 6 nitrogen and oxygen atoms in total. The lowest BCUT2D eigenvalue weighted by molar-refractivity contribution is -0.216. The SMILES string of the molecule is CC(C)(C)C(=O)OCCOC(=O)C(F)(F)C(=O)OC12CC3CC(CC(C3)C1)C2. The Morgan fingerprint density at radius 1 is 0.821 bits per heavy atom. The number of rotatable bonds is 6. The monoisotopic (exact) mass is 402 g/mol. The Labute approximate surface area is 163 Å². The normalized spacial score (nSPS) is 31.4. The van der Waals surface area contributed by atoms with Gasteiger partial charge in [-0.1, -0.05) is 0 Å². The minimum absolute atomic E-state index is 0.359. The van der Waals surface area contributed by atoms with Gasteiger partial charge < -0.3 is 14.2 Å². The molecule has 0 spiro atoms. The van der Waals surface area contributed by atoms with Gasteiger partial charge in [-0.15, -0.1) is 0 Å². The molecule has 0 aromatic heterocycles. The first-order chi connectivity index (χ1) is 12.9. The van der Waals surface area contributed by atoms with Crippen LogP contribution in [-0.2, 0) is 28.6 Å². The van der Waals surface area contributed by atoms with E-state index in [0.717, 1.165) is 19.3 Å². The fourth-order valence-corrected chi connectivity index (χ4v) is 5.08. The van der Waals surface area contributed by atoms with Gasteiger partial charge in [-0.05, 0) is 77.0 Å². The Morgan fingerprint density at radius 2 is 1.25 bits per heavy atom. The molecule has 158 valence electrons. The van der Waals surface area contributed by atoms with Crippen LogP contribution in [0.1, 0.15) is 59.3 Å². The molecular weight excluding hydrogens is 374 g/mol. The Hall–Kier alpha value is -1.73. The van der Waals surface area contributed by atoms with E-state index in [1.54, 1.807) is 20.8 Å². The number of halogens is 2. The molecule has 0 unspecified atom stereocenters. The molecular formula is C20H28F2O6. The summed E-state index contributed by atoms with van der Waals surface area (Å²) in [5, 5.41) is 0. The highest BCUT2D eigenvalue weighted by atomic mass is 19.3. The number of ether oxygens (including phenoxy) is 3. The molecule has 0 aromatic rings. The largest absolute Gasteiger partial charge is 0.462 e. The summed E-state index contributed by atoms with van der Waals surface area (Å²) in [5.41, 5.74) is -1.62. The first-order valence-corrected chi connectivity index (χ1v) is 9.87. The number of carbonyl (C=O) groups is 3. The van der Waals surface area contributed by atoms with Gasteiger partial charge in [0.15, 0.2) is 0 Å². The number of hydrogen-bond acceptors (Lipinski definition) is 6. The number of hydrogen-bond donors (Lipinski definition) is 0. The van der Waals surface area contributed by atoms with Crippen molar-refractivity contribution < 1.29 is 37.4 Å². The highest BCUT2D eigenvalue weighted by Crippen LogP contribution is 2.57. The van der Waals surface area contributed by atoms with Crippen LogP contribution in [0.3, 0.4) is 0 Å². The summed E-state index contributed by atoms with van der Waals surface area (Å²) < 4.78 is 43.0. The minimum atomic E-state index is -4.38. The molecule has 4 fully saturated rings. The van der Waals surface area contributed by atoms with E-state index < -0.39 is 41.5 Å². The summed E-state index contributed by atoms with van der Waals surface area (Å²) in [5.74, 6) is -7.50. The molecule has 28 heavy (non-hydrogen) atoms. The summed E-state index contributed by atoms with van der Waals surface area (Å²) in [7, 11) is 0. The molecule has 0 atom stereocenters. The Balaban J connectivity index is 1.50. The second-order valence-corrected chi connectivity index (χ2v) is 9.59. The Kier molecular flexibility index (Phi) is 5.44. The van der Waals surface area contributed by atoms with Crippen LogP contribution in [0.25, 0.3) is 0 Å². The molecule has 0 amide bonds. The maximum Gasteiger partial charge on any atom is 0.437 e. The van der Waals surface area contributed by atoms with Crippen molar-refractivity contribution in [2.75, 3.05) is 13.2 Å². The number of alkyl halides is 2. The molecule has 4 rings (SSSR count). The fraction of sp³-hybridized carbons (Fsp3) is 0.850. The molecule has 4 bridgehead atoms. The van der Waals surface area contributed by atoms with Gasteiger partial charge in [-0.25, -0.2) is 9.59 Å². The molecule has 0 heterocycles. The smallest absolute Gasteiger partial charge is 0.437 e. The molecule has 4 aliphatic rings. The van der Waals surface area contributed by atoms with Crippen LogP contribution in [0.4, 0.5) is 8.78 Å². The van der Waals surface area contributed by atoms with E-state index in [1.165, 1.54) is 0 Å². The first kappa shape index (κ1) is 21.0. The lowest BCUT2D eigenvalue weighted by Crippen LogP contribution is -2.55. The molecule has 0 aliphatic heterocycles. The fourth-order valence-electron chi connectivity index (χ4n) is 5.08. The molecule has 4 saturated carbocycles. The highest BCUT2D eigenvalue weighted by Gasteiger charge is 2.58. The number of carbonyl (C=O) groups excluding carboxylic acids is 3. The zero-order valence-electron chi connectivity index (χ0n) is 16.6. The lowest BCUT2D eigenvalue weighted by atomic mass is 9.54. The third-order valence-corrected chi connectivity index (χ3v) is 5.97. The van der Waals surface area contributed by atoms with Crippen molar-refractivity contribution in [1.29, 1.82) is 0 Å². The van der Waals surface area contributed by atoms with Crippen molar-refractivity contribution in [2.45, 2.75) is 70.8 Å². The van der Waals surface area contributed by atoms with Crippen molar-refractivity contribution in [1.82, 2.24) is 0 Å².